The number of ether oxygens (including phenoxy) is 1. The van der Waals surface area contributed by atoms with Crippen molar-refractivity contribution in [2.75, 3.05) is 6.54 Å². The minimum absolute atomic E-state index is 0.0798. The van der Waals surface area contributed by atoms with E-state index in [2.05, 4.69) is 33.4 Å². The monoisotopic (exact) mass is 342 g/mol. The predicted octanol–water partition coefficient (Wildman–Crippen LogP) is 3.23. The quantitative estimate of drug-likeness (QED) is 0.863. The van der Waals surface area contributed by atoms with Crippen molar-refractivity contribution in [3.63, 3.8) is 0 Å². The van der Waals surface area contributed by atoms with Crippen LogP contribution in [-0.2, 0) is 11.2 Å². The van der Waals surface area contributed by atoms with E-state index in [0.717, 1.165) is 17.3 Å². The Labute approximate surface area is 129 Å². The fourth-order valence-electron chi connectivity index (χ4n) is 1.76. The van der Waals surface area contributed by atoms with E-state index in [0.29, 0.717) is 6.54 Å². The molecule has 1 unspecified atom stereocenters. The summed E-state index contributed by atoms with van der Waals surface area (Å²) in [4.78, 5) is 11.7. The molecule has 0 aliphatic carbocycles. The average Bonchev–Trinajstić information content (AvgIpc) is 2.32. The third kappa shape index (κ3) is 6.91. The minimum Gasteiger partial charge on any atom is -0.444 e. The first-order valence-electron chi connectivity index (χ1n) is 6.74. The van der Waals surface area contributed by atoms with Gasteiger partial charge >= 0.3 is 6.09 Å². The van der Waals surface area contributed by atoms with Gasteiger partial charge in [-0.3, -0.25) is 0 Å². The second-order valence-corrected chi connectivity index (χ2v) is 6.66. The molecule has 1 rings (SSSR count). The molecule has 1 atom stereocenters. The largest absolute Gasteiger partial charge is 0.444 e. The second-order valence-electron chi connectivity index (χ2n) is 5.75. The van der Waals surface area contributed by atoms with Crippen LogP contribution in [0.15, 0.2) is 28.7 Å². The highest BCUT2D eigenvalue weighted by molar-refractivity contribution is 9.10. The molecule has 0 saturated carbocycles. The van der Waals surface area contributed by atoms with E-state index >= 15 is 0 Å². The first-order chi connectivity index (χ1) is 9.30. The molecule has 112 valence electrons. The van der Waals surface area contributed by atoms with Gasteiger partial charge in [0.1, 0.15) is 5.60 Å². The van der Waals surface area contributed by atoms with Gasteiger partial charge in [-0.15, -0.1) is 0 Å². The smallest absolute Gasteiger partial charge is 0.407 e. The van der Waals surface area contributed by atoms with Gasteiger partial charge in [0, 0.05) is 17.1 Å². The Kier molecular flexibility index (Phi) is 6.49. The first-order valence-corrected chi connectivity index (χ1v) is 7.53. The van der Waals surface area contributed by atoms with Gasteiger partial charge in [0.05, 0.1) is 0 Å². The molecule has 0 fully saturated rings. The highest BCUT2D eigenvalue weighted by Gasteiger charge is 2.18. The standard InChI is InChI=1S/C15H23BrN2O2/c1-15(2,3)20-14(19)18-13(10-17)8-7-11-5-4-6-12(16)9-11/h4-6,9,13H,7-8,10,17H2,1-3H3,(H,18,19). The molecule has 0 bridgehead atoms. The van der Waals surface area contributed by atoms with E-state index in [1.54, 1.807) is 0 Å². The zero-order chi connectivity index (χ0) is 15.2. The van der Waals surface area contributed by atoms with Crippen LogP contribution in [0.2, 0.25) is 0 Å². The van der Waals surface area contributed by atoms with Crippen LogP contribution >= 0.6 is 15.9 Å². The van der Waals surface area contributed by atoms with Gasteiger partial charge < -0.3 is 15.8 Å². The van der Waals surface area contributed by atoms with E-state index in [-0.39, 0.29) is 6.04 Å². The van der Waals surface area contributed by atoms with Gasteiger partial charge in [0.2, 0.25) is 0 Å². The fourth-order valence-corrected chi connectivity index (χ4v) is 2.20. The lowest BCUT2D eigenvalue weighted by Gasteiger charge is -2.23. The summed E-state index contributed by atoms with van der Waals surface area (Å²) in [6.07, 6.45) is 1.23. The summed E-state index contributed by atoms with van der Waals surface area (Å²) >= 11 is 3.45. The molecule has 1 amide bonds. The Morgan fingerprint density at radius 1 is 1.45 bits per heavy atom. The number of aryl methyl sites for hydroxylation is 1. The van der Waals surface area contributed by atoms with Gasteiger partial charge in [0.15, 0.2) is 0 Å². The third-order valence-electron chi connectivity index (χ3n) is 2.68. The Balaban J connectivity index is 2.45. The number of carbonyl (C=O) groups excluding carboxylic acids is 1. The zero-order valence-electron chi connectivity index (χ0n) is 12.3. The molecule has 0 aliphatic rings. The Hall–Kier alpha value is -1.07. The van der Waals surface area contributed by atoms with Crippen LogP contribution in [0.5, 0.6) is 0 Å². The van der Waals surface area contributed by atoms with Gasteiger partial charge in [-0.2, -0.15) is 0 Å². The number of carbonyl (C=O) groups is 1. The van der Waals surface area contributed by atoms with Crippen LogP contribution in [-0.4, -0.2) is 24.3 Å². The SMILES string of the molecule is CC(C)(C)OC(=O)NC(CN)CCc1cccc(Br)c1. The van der Waals surface area contributed by atoms with Gasteiger partial charge in [-0.25, -0.2) is 4.79 Å². The van der Waals surface area contributed by atoms with Crippen molar-refractivity contribution in [2.45, 2.75) is 45.3 Å². The first kappa shape index (κ1) is 17.0. The molecule has 0 aromatic heterocycles. The Morgan fingerprint density at radius 3 is 2.70 bits per heavy atom. The average molecular weight is 343 g/mol. The molecule has 5 heteroatoms. The molecule has 0 aliphatic heterocycles. The van der Waals surface area contributed by atoms with Crippen molar-refractivity contribution >= 4 is 22.0 Å². The Bertz CT molecular complexity index is 444. The topological polar surface area (TPSA) is 64.3 Å². The van der Waals surface area contributed by atoms with Crippen LogP contribution in [0.1, 0.15) is 32.8 Å². The lowest BCUT2D eigenvalue weighted by atomic mass is 10.1. The van der Waals surface area contributed by atoms with E-state index in [1.165, 1.54) is 5.56 Å². The molecule has 1 aromatic rings. The second kappa shape index (κ2) is 7.64. The summed E-state index contributed by atoms with van der Waals surface area (Å²) < 4.78 is 6.28. The number of hydrogen-bond acceptors (Lipinski definition) is 3. The van der Waals surface area contributed by atoms with Crippen molar-refractivity contribution in [3.05, 3.63) is 34.3 Å². The summed E-state index contributed by atoms with van der Waals surface area (Å²) in [6, 6.07) is 8.04. The molecular formula is C15H23BrN2O2. The van der Waals surface area contributed by atoms with Crippen LogP contribution < -0.4 is 11.1 Å². The maximum absolute atomic E-state index is 11.7. The molecule has 0 heterocycles. The van der Waals surface area contributed by atoms with Crippen molar-refractivity contribution in [3.8, 4) is 0 Å². The number of hydrogen-bond donors (Lipinski definition) is 2. The summed E-state index contributed by atoms with van der Waals surface area (Å²) in [5, 5.41) is 2.81. The minimum atomic E-state index is -0.493. The summed E-state index contributed by atoms with van der Waals surface area (Å²) in [5.41, 5.74) is 6.42. The summed E-state index contributed by atoms with van der Waals surface area (Å²) in [6.45, 7) is 5.91. The number of alkyl carbamates (subject to hydrolysis) is 1. The molecule has 4 nitrogen and oxygen atoms in total. The number of halogens is 1. The van der Waals surface area contributed by atoms with Crippen molar-refractivity contribution in [1.82, 2.24) is 5.32 Å². The number of nitrogens with one attached hydrogen (secondary N) is 1. The maximum Gasteiger partial charge on any atom is 0.407 e. The van der Waals surface area contributed by atoms with Crippen LogP contribution in [0.3, 0.4) is 0 Å². The zero-order valence-corrected chi connectivity index (χ0v) is 13.9. The lowest BCUT2D eigenvalue weighted by molar-refractivity contribution is 0.0503. The predicted molar refractivity (Wildman–Crippen MR) is 84.7 cm³/mol. The molecule has 1 aromatic carbocycles. The highest BCUT2D eigenvalue weighted by Crippen LogP contribution is 2.14. The number of amides is 1. The third-order valence-corrected chi connectivity index (χ3v) is 3.17. The molecule has 0 radical (unpaired) electrons. The van der Waals surface area contributed by atoms with Gasteiger partial charge in [-0.1, -0.05) is 28.1 Å². The van der Waals surface area contributed by atoms with Gasteiger partial charge in [0.25, 0.3) is 0 Å². The van der Waals surface area contributed by atoms with Crippen molar-refractivity contribution in [1.29, 1.82) is 0 Å². The Morgan fingerprint density at radius 2 is 2.15 bits per heavy atom. The lowest BCUT2D eigenvalue weighted by Crippen LogP contribution is -2.43. The number of benzene rings is 1. The maximum atomic E-state index is 11.7. The molecule has 3 N–H and O–H groups in total. The van der Waals surface area contributed by atoms with Gasteiger partial charge in [-0.05, 0) is 51.3 Å². The number of nitrogens with two attached hydrogens (primary N) is 1. The van der Waals surface area contributed by atoms with E-state index < -0.39 is 11.7 Å². The highest BCUT2D eigenvalue weighted by atomic mass is 79.9. The van der Waals surface area contributed by atoms with E-state index in [4.69, 9.17) is 10.5 Å². The molecule has 0 saturated heterocycles. The summed E-state index contributed by atoms with van der Waals surface area (Å²) in [7, 11) is 0. The van der Waals surface area contributed by atoms with Crippen molar-refractivity contribution < 1.29 is 9.53 Å². The van der Waals surface area contributed by atoms with Crippen LogP contribution in [0, 0.1) is 0 Å². The number of rotatable bonds is 5. The van der Waals surface area contributed by atoms with E-state index in [9.17, 15) is 4.79 Å². The summed E-state index contributed by atoms with van der Waals surface area (Å²) in [5.74, 6) is 0. The van der Waals surface area contributed by atoms with E-state index in [1.807, 2.05) is 32.9 Å². The molecular weight excluding hydrogens is 320 g/mol. The van der Waals surface area contributed by atoms with Crippen LogP contribution in [0.4, 0.5) is 4.79 Å². The fraction of sp³-hybridized carbons (Fsp3) is 0.533. The molecule has 20 heavy (non-hydrogen) atoms. The molecule has 0 spiro atoms. The van der Waals surface area contributed by atoms with Crippen molar-refractivity contribution in [2.24, 2.45) is 5.73 Å². The van der Waals surface area contributed by atoms with Crippen LogP contribution in [0.25, 0.3) is 0 Å². The normalized spacial score (nSPS) is 12.8.